The summed E-state index contributed by atoms with van der Waals surface area (Å²) in [5.74, 6) is 0.481. The molecule has 9 nitrogen and oxygen atoms in total. The molecule has 0 saturated carbocycles. The summed E-state index contributed by atoms with van der Waals surface area (Å²) in [6, 6.07) is 6.87. The van der Waals surface area contributed by atoms with Crippen molar-refractivity contribution in [2.45, 2.75) is 19.4 Å². The number of anilines is 2. The third kappa shape index (κ3) is 2.58. The highest BCUT2D eigenvalue weighted by Gasteiger charge is 2.30. The van der Waals surface area contributed by atoms with E-state index in [2.05, 4.69) is 15.2 Å². The molecule has 2 aliphatic rings. The quantitative estimate of drug-likeness (QED) is 0.419. The van der Waals surface area contributed by atoms with Crippen molar-refractivity contribution in [1.29, 1.82) is 0 Å². The number of methoxy groups -OCH3 is 1. The number of aromatic nitrogens is 3. The highest BCUT2D eigenvalue weighted by molar-refractivity contribution is 6.11. The van der Waals surface area contributed by atoms with Crippen LogP contribution in [0.4, 0.5) is 17.1 Å². The lowest BCUT2D eigenvalue weighted by Crippen LogP contribution is -2.24. The zero-order valence-electron chi connectivity index (χ0n) is 15.5. The number of ether oxygens (including phenoxy) is 1. The highest BCUT2D eigenvalue weighted by atomic mass is 16.6. The van der Waals surface area contributed by atoms with E-state index >= 15 is 0 Å². The van der Waals surface area contributed by atoms with Crippen LogP contribution in [0.5, 0.6) is 5.88 Å². The Balaban J connectivity index is 1.66. The van der Waals surface area contributed by atoms with Gasteiger partial charge in [-0.15, -0.1) is 0 Å². The van der Waals surface area contributed by atoms with E-state index < -0.39 is 0 Å². The van der Waals surface area contributed by atoms with E-state index in [1.807, 2.05) is 10.7 Å². The molecule has 2 aliphatic heterocycles. The fourth-order valence-electron chi connectivity index (χ4n) is 4.09. The van der Waals surface area contributed by atoms with Gasteiger partial charge < -0.3 is 15.0 Å². The van der Waals surface area contributed by atoms with Crippen LogP contribution < -0.4 is 10.1 Å². The normalized spacial score (nSPS) is 15.5. The molecule has 0 unspecified atom stereocenters. The van der Waals surface area contributed by atoms with E-state index in [0.29, 0.717) is 28.6 Å². The lowest BCUT2D eigenvalue weighted by atomic mass is 10.0. The maximum absolute atomic E-state index is 11.6. The van der Waals surface area contributed by atoms with Crippen molar-refractivity contribution in [1.82, 2.24) is 19.7 Å². The first-order valence-corrected chi connectivity index (χ1v) is 9.38. The van der Waals surface area contributed by atoms with Crippen LogP contribution in [0.1, 0.15) is 12.8 Å². The van der Waals surface area contributed by atoms with Crippen LogP contribution in [0.25, 0.3) is 22.3 Å². The first-order valence-electron chi connectivity index (χ1n) is 9.38. The van der Waals surface area contributed by atoms with Crippen molar-refractivity contribution < 1.29 is 9.66 Å². The molecule has 3 aromatic rings. The first kappa shape index (κ1) is 16.9. The molecule has 28 heavy (non-hydrogen) atoms. The number of hydrogen-bond acceptors (Lipinski definition) is 7. The van der Waals surface area contributed by atoms with Gasteiger partial charge in [-0.05, 0) is 38.1 Å². The molecule has 1 N–H and O–H groups in total. The van der Waals surface area contributed by atoms with Crippen LogP contribution >= 0.6 is 0 Å². The Bertz CT molecular complexity index is 1090. The predicted octanol–water partition coefficient (Wildman–Crippen LogP) is 3.17. The van der Waals surface area contributed by atoms with Gasteiger partial charge in [0.05, 0.1) is 35.2 Å². The molecular weight excluding hydrogens is 360 g/mol. The summed E-state index contributed by atoms with van der Waals surface area (Å²) in [5, 5.41) is 20.3. The minimum atomic E-state index is -0.366. The van der Waals surface area contributed by atoms with Crippen LogP contribution in [-0.2, 0) is 6.54 Å². The summed E-state index contributed by atoms with van der Waals surface area (Å²) in [7, 11) is 1.56. The van der Waals surface area contributed by atoms with Crippen molar-refractivity contribution >= 4 is 28.0 Å². The number of hydrogen-bond donors (Lipinski definition) is 1. The summed E-state index contributed by atoms with van der Waals surface area (Å²) in [6.07, 6.45) is 2.48. The van der Waals surface area contributed by atoms with Gasteiger partial charge in [-0.2, -0.15) is 5.10 Å². The Morgan fingerprint density at radius 2 is 2.00 bits per heavy atom. The maximum Gasteiger partial charge on any atom is 0.293 e. The van der Waals surface area contributed by atoms with Crippen molar-refractivity contribution in [3.63, 3.8) is 0 Å². The van der Waals surface area contributed by atoms with E-state index in [9.17, 15) is 10.1 Å². The fourth-order valence-corrected chi connectivity index (χ4v) is 4.09. The van der Waals surface area contributed by atoms with Gasteiger partial charge in [0, 0.05) is 18.7 Å². The van der Waals surface area contributed by atoms with Gasteiger partial charge in [-0.3, -0.25) is 14.8 Å². The molecule has 1 aromatic carbocycles. The lowest BCUT2D eigenvalue weighted by Gasteiger charge is -2.17. The third-order valence-corrected chi connectivity index (χ3v) is 5.48. The van der Waals surface area contributed by atoms with Gasteiger partial charge in [0.2, 0.25) is 5.88 Å². The minimum Gasteiger partial charge on any atom is -0.481 e. The van der Waals surface area contributed by atoms with E-state index in [4.69, 9.17) is 9.84 Å². The van der Waals surface area contributed by atoms with Crippen LogP contribution in [0.15, 0.2) is 24.3 Å². The van der Waals surface area contributed by atoms with E-state index in [1.54, 1.807) is 25.3 Å². The van der Waals surface area contributed by atoms with Gasteiger partial charge in [-0.25, -0.2) is 4.98 Å². The van der Waals surface area contributed by atoms with Crippen LogP contribution in [0.3, 0.4) is 0 Å². The van der Waals surface area contributed by atoms with Gasteiger partial charge in [0.1, 0.15) is 17.1 Å². The summed E-state index contributed by atoms with van der Waals surface area (Å²) < 4.78 is 7.20. The predicted molar refractivity (Wildman–Crippen MR) is 105 cm³/mol. The van der Waals surface area contributed by atoms with Crippen LogP contribution in [0.2, 0.25) is 0 Å². The lowest BCUT2D eigenvalue weighted by molar-refractivity contribution is -0.383. The Labute approximate surface area is 161 Å². The number of nitro benzene ring substituents is 1. The molecule has 5 rings (SSSR count). The van der Waals surface area contributed by atoms with Crippen molar-refractivity contribution in [3.05, 3.63) is 34.4 Å². The number of benzene rings is 1. The second-order valence-electron chi connectivity index (χ2n) is 7.11. The summed E-state index contributed by atoms with van der Waals surface area (Å²) in [5.41, 5.74) is 3.38. The molecule has 0 bridgehead atoms. The molecule has 0 aliphatic carbocycles. The number of pyridine rings is 1. The number of rotatable bonds is 5. The van der Waals surface area contributed by atoms with E-state index in [1.165, 1.54) is 12.8 Å². The largest absolute Gasteiger partial charge is 0.481 e. The SMILES string of the molecule is COc1ccc2c(n1)-c1nn(CCN3CCCC3)c3ccc([N+](=O)[O-])c(c13)N2. The molecule has 0 amide bonds. The smallest absolute Gasteiger partial charge is 0.293 e. The Morgan fingerprint density at radius 1 is 1.18 bits per heavy atom. The Hall–Kier alpha value is -3.20. The molecule has 2 aromatic heterocycles. The summed E-state index contributed by atoms with van der Waals surface area (Å²) in [4.78, 5) is 18.2. The van der Waals surface area contributed by atoms with Crippen molar-refractivity contribution in [3.8, 4) is 17.3 Å². The summed E-state index contributed by atoms with van der Waals surface area (Å²) in [6.45, 7) is 3.87. The number of nitrogens with zero attached hydrogens (tertiary/aromatic N) is 5. The van der Waals surface area contributed by atoms with Gasteiger partial charge in [0.15, 0.2) is 0 Å². The van der Waals surface area contributed by atoms with E-state index in [0.717, 1.165) is 37.1 Å². The molecule has 0 radical (unpaired) electrons. The van der Waals surface area contributed by atoms with Crippen LogP contribution in [0, 0.1) is 10.1 Å². The third-order valence-electron chi connectivity index (χ3n) is 5.48. The minimum absolute atomic E-state index is 0.0364. The standard InChI is InChI=1S/C19H20N6O3/c1-28-15-7-4-12-17(21-15)19-16-13(5-6-14(25(26)27)18(16)20-12)24(22-19)11-10-23-8-2-3-9-23/h4-7,20H,2-3,8-11H2,1H3. The molecule has 4 heterocycles. The second-order valence-corrected chi connectivity index (χ2v) is 7.11. The molecular formula is C19H20N6O3. The zero-order valence-corrected chi connectivity index (χ0v) is 15.5. The van der Waals surface area contributed by atoms with Gasteiger partial charge >= 0.3 is 0 Å². The zero-order chi connectivity index (χ0) is 19.3. The van der Waals surface area contributed by atoms with E-state index in [-0.39, 0.29) is 10.6 Å². The summed E-state index contributed by atoms with van der Waals surface area (Å²) >= 11 is 0. The molecule has 0 atom stereocenters. The van der Waals surface area contributed by atoms with Gasteiger partial charge in [-0.1, -0.05) is 0 Å². The number of fused-ring (bicyclic) bond motifs is 2. The molecule has 1 saturated heterocycles. The second kappa shape index (κ2) is 6.45. The number of nitrogens with one attached hydrogen (secondary N) is 1. The van der Waals surface area contributed by atoms with Crippen molar-refractivity contribution in [2.24, 2.45) is 0 Å². The number of likely N-dealkylation sites (tertiary alicyclic amines) is 1. The Morgan fingerprint density at radius 3 is 2.75 bits per heavy atom. The monoisotopic (exact) mass is 380 g/mol. The molecule has 1 fully saturated rings. The fraction of sp³-hybridized carbons (Fsp3) is 0.368. The highest BCUT2D eigenvalue weighted by Crippen LogP contribution is 2.46. The Kier molecular flexibility index (Phi) is 3.90. The molecule has 0 spiro atoms. The average molecular weight is 380 g/mol. The van der Waals surface area contributed by atoms with Gasteiger partial charge in [0.25, 0.3) is 5.69 Å². The van der Waals surface area contributed by atoms with Crippen molar-refractivity contribution in [2.75, 3.05) is 32.1 Å². The number of nitro groups is 1. The maximum atomic E-state index is 11.6. The molecule has 9 heteroatoms. The molecule has 144 valence electrons. The average Bonchev–Trinajstić information content (AvgIpc) is 3.35. The van der Waals surface area contributed by atoms with Crippen LogP contribution in [-0.4, -0.2) is 51.3 Å². The first-order chi connectivity index (χ1) is 13.7. The topological polar surface area (TPSA) is 98.4 Å².